The number of piperazine rings is 1. The van der Waals surface area contributed by atoms with Crippen molar-refractivity contribution >= 4 is 33.3 Å². The Hall–Kier alpha value is -1.92. The molecule has 2 aromatic rings. The minimum atomic E-state index is 0.0702. The summed E-state index contributed by atoms with van der Waals surface area (Å²) in [4.78, 5) is 21.6. The van der Waals surface area contributed by atoms with E-state index in [0.717, 1.165) is 55.0 Å². The third kappa shape index (κ3) is 5.08. The fraction of sp³-hybridized carbons (Fsp3) is 0.429. The highest BCUT2D eigenvalue weighted by Crippen LogP contribution is 2.23. The lowest BCUT2D eigenvalue weighted by atomic mass is 10.0. The fourth-order valence-corrected chi connectivity index (χ4v) is 3.71. The van der Waals surface area contributed by atoms with Gasteiger partial charge in [-0.1, -0.05) is 32.0 Å². The molecule has 3 rings (SSSR count). The SMILES string of the molecule is CCc1cccc(CC)c1NC(=O)CN1CCN(c2ccc(Br)cn2)CC1. The number of halogens is 1. The lowest BCUT2D eigenvalue weighted by Gasteiger charge is -2.35. The van der Waals surface area contributed by atoms with Gasteiger partial charge in [0.25, 0.3) is 0 Å². The number of hydrogen-bond donors (Lipinski definition) is 1. The third-order valence-corrected chi connectivity index (χ3v) is 5.51. The number of hydrogen-bond acceptors (Lipinski definition) is 4. The summed E-state index contributed by atoms with van der Waals surface area (Å²) in [5, 5.41) is 3.17. The highest BCUT2D eigenvalue weighted by molar-refractivity contribution is 9.10. The Morgan fingerprint density at radius 1 is 1.07 bits per heavy atom. The number of anilines is 2. The zero-order valence-corrected chi connectivity index (χ0v) is 17.6. The molecule has 0 aliphatic carbocycles. The van der Waals surface area contributed by atoms with Crippen molar-refractivity contribution < 1.29 is 4.79 Å². The summed E-state index contributed by atoms with van der Waals surface area (Å²) >= 11 is 3.42. The summed E-state index contributed by atoms with van der Waals surface area (Å²) < 4.78 is 0.986. The van der Waals surface area contributed by atoms with E-state index in [1.54, 1.807) is 0 Å². The normalized spacial score (nSPS) is 15.0. The van der Waals surface area contributed by atoms with Gasteiger partial charge in [0.2, 0.25) is 5.91 Å². The molecular weight excluding hydrogens is 404 g/mol. The van der Waals surface area contributed by atoms with E-state index in [9.17, 15) is 4.79 Å². The molecule has 1 fully saturated rings. The maximum atomic E-state index is 12.6. The van der Waals surface area contributed by atoms with E-state index in [2.05, 4.69) is 68.1 Å². The van der Waals surface area contributed by atoms with Crippen LogP contribution in [0.1, 0.15) is 25.0 Å². The van der Waals surface area contributed by atoms with Crippen molar-refractivity contribution in [1.29, 1.82) is 0 Å². The van der Waals surface area contributed by atoms with Crippen LogP contribution in [0.15, 0.2) is 41.0 Å². The van der Waals surface area contributed by atoms with Gasteiger partial charge in [0.05, 0.1) is 6.54 Å². The van der Waals surface area contributed by atoms with Crippen molar-refractivity contribution in [2.75, 3.05) is 42.9 Å². The Balaban J connectivity index is 1.55. The van der Waals surface area contributed by atoms with E-state index >= 15 is 0 Å². The molecule has 0 saturated carbocycles. The molecule has 0 bridgehead atoms. The zero-order chi connectivity index (χ0) is 19.2. The molecule has 1 aliphatic heterocycles. The Morgan fingerprint density at radius 2 is 1.74 bits per heavy atom. The predicted octanol–water partition coefficient (Wildman–Crippen LogP) is 3.73. The molecular formula is C21H27BrN4O. The molecule has 2 heterocycles. The standard InChI is InChI=1S/C21H27BrN4O/c1-3-16-6-5-7-17(4-2)21(16)24-20(27)15-25-10-12-26(13-11-25)19-9-8-18(22)14-23-19/h5-9,14H,3-4,10-13,15H2,1-2H3,(H,24,27). The highest BCUT2D eigenvalue weighted by atomic mass is 79.9. The Morgan fingerprint density at radius 3 is 2.30 bits per heavy atom. The van der Waals surface area contributed by atoms with Gasteiger partial charge in [0.15, 0.2) is 0 Å². The number of nitrogens with one attached hydrogen (secondary N) is 1. The summed E-state index contributed by atoms with van der Waals surface area (Å²) in [6.07, 6.45) is 3.66. The van der Waals surface area contributed by atoms with Gasteiger partial charge >= 0.3 is 0 Å². The maximum Gasteiger partial charge on any atom is 0.238 e. The van der Waals surface area contributed by atoms with E-state index < -0.39 is 0 Å². The molecule has 0 radical (unpaired) electrons. The number of aromatic nitrogens is 1. The van der Waals surface area contributed by atoms with Gasteiger partial charge in [-0.2, -0.15) is 0 Å². The summed E-state index contributed by atoms with van der Waals surface area (Å²) in [5.41, 5.74) is 3.41. The summed E-state index contributed by atoms with van der Waals surface area (Å²) in [6.45, 7) is 8.17. The van der Waals surface area contributed by atoms with Crippen molar-refractivity contribution in [2.24, 2.45) is 0 Å². The number of aryl methyl sites for hydroxylation is 2. The van der Waals surface area contributed by atoms with Crippen LogP contribution in [-0.4, -0.2) is 48.5 Å². The van der Waals surface area contributed by atoms with Crippen LogP contribution in [0.3, 0.4) is 0 Å². The van der Waals surface area contributed by atoms with Gasteiger partial charge in [0.1, 0.15) is 5.82 Å². The topological polar surface area (TPSA) is 48.5 Å². The average molecular weight is 431 g/mol. The van der Waals surface area contributed by atoms with Crippen molar-refractivity contribution in [3.8, 4) is 0 Å². The minimum absolute atomic E-state index is 0.0702. The highest BCUT2D eigenvalue weighted by Gasteiger charge is 2.20. The molecule has 5 nitrogen and oxygen atoms in total. The van der Waals surface area contributed by atoms with Gasteiger partial charge in [-0.3, -0.25) is 9.69 Å². The van der Waals surface area contributed by atoms with Crippen LogP contribution in [0.4, 0.5) is 11.5 Å². The molecule has 1 saturated heterocycles. The summed E-state index contributed by atoms with van der Waals surface area (Å²) in [6, 6.07) is 10.3. The van der Waals surface area contributed by atoms with Crippen LogP contribution in [0.2, 0.25) is 0 Å². The average Bonchev–Trinajstić information content (AvgIpc) is 2.69. The van der Waals surface area contributed by atoms with E-state index in [1.807, 2.05) is 18.3 Å². The minimum Gasteiger partial charge on any atom is -0.354 e. The second-order valence-electron chi connectivity index (χ2n) is 6.80. The monoisotopic (exact) mass is 430 g/mol. The molecule has 6 heteroatoms. The van der Waals surface area contributed by atoms with E-state index in [0.29, 0.717) is 6.54 Å². The number of carbonyl (C=O) groups is 1. The first-order chi connectivity index (χ1) is 13.1. The number of para-hydroxylation sites is 1. The van der Waals surface area contributed by atoms with Crippen LogP contribution < -0.4 is 10.2 Å². The van der Waals surface area contributed by atoms with E-state index in [4.69, 9.17) is 0 Å². The van der Waals surface area contributed by atoms with Crippen molar-refractivity contribution in [3.63, 3.8) is 0 Å². The fourth-order valence-electron chi connectivity index (χ4n) is 3.48. The van der Waals surface area contributed by atoms with Gasteiger partial charge in [-0.05, 0) is 52.0 Å². The zero-order valence-electron chi connectivity index (χ0n) is 16.0. The molecule has 1 aromatic carbocycles. The number of benzene rings is 1. The summed E-state index contributed by atoms with van der Waals surface area (Å²) in [7, 11) is 0. The molecule has 0 atom stereocenters. The van der Waals surface area contributed by atoms with Crippen LogP contribution >= 0.6 is 15.9 Å². The van der Waals surface area contributed by atoms with Crippen LogP contribution in [0.5, 0.6) is 0 Å². The van der Waals surface area contributed by atoms with Gasteiger partial charge < -0.3 is 10.2 Å². The Labute approximate surface area is 169 Å². The quantitative estimate of drug-likeness (QED) is 0.758. The lowest BCUT2D eigenvalue weighted by Crippen LogP contribution is -2.49. The molecule has 1 aliphatic rings. The molecule has 27 heavy (non-hydrogen) atoms. The van der Waals surface area contributed by atoms with Crippen molar-refractivity contribution in [2.45, 2.75) is 26.7 Å². The number of amides is 1. The van der Waals surface area contributed by atoms with E-state index in [1.165, 1.54) is 11.1 Å². The predicted molar refractivity (Wildman–Crippen MR) is 114 cm³/mol. The molecule has 1 amide bonds. The first-order valence-electron chi connectivity index (χ1n) is 9.60. The van der Waals surface area contributed by atoms with Crippen molar-refractivity contribution in [3.05, 3.63) is 52.1 Å². The first-order valence-corrected chi connectivity index (χ1v) is 10.4. The molecule has 1 aromatic heterocycles. The molecule has 144 valence electrons. The van der Waals surface area contributed by atoms with Crippen LogP contribution in [-0.2, 0) is 17.6 Å². The van der Waals surface area contributed by atoms with Gasteiger partial charge in [-0.15, -0.1) is 0 Å². The maximum absolute atomic E-state index is 12.6. The number of pyridine rings is 1. The first kappa shape index (κ1) is 19.8. The second-order valence-corrected chi connectivity index (χ2v) is 7.72. The van der Waals surface area contributed by atoms with Crippen LogP contribution in [0, 0.1) is 0 Å². The summed E-state index contributed by atoms with van der Waals surface area (Å²) in [5.74, 6) is 1.06. The third-order valence-electron chi connectivity index (χ3n) is 5.04. The number of nitrogens with zero attached hydrogens (tertiary/aromatic N) is 3. The Bertz CT molecular complexity index is 748. The largest absolute Gasteiger partial charge is 0.354 e. The van der Waals surface area contributed by atoms with Crippen molar-refractivity contribution in [1.82, 2.24) is 9.88 Å². The number of carbonyl (C=O) groups excluding carboxylic acids is 1. The molecule has 0 spiro atoms. The van der Waals surface area contributed by atoms with Gasteiger partial charge in [-0.25, -0.2) is 4.98 Å². The number of rotatable bonds is 6. The lowest BCUT2D eigenvalue weighted by molar-refractivity contribution is -0.117. The van der Waals surface area contributed by atoms with Crippen LogP contribution in [0.25, 0.3) is 0 Å². The smallest absolute Gasteiger partial charge is 0.238 e. The molecule has 0 unspecified atom stereocenters. The van der Waals surface area contributed by atoms with E-state index in [-0.39, 0.29) is 5.91 Å². The second kappa shape index (κ2) is 9.33. The van der Waals surface area contributed by atoms with Gasteiger partial charge in [0, 0.05) is 42.5 Å². The Kier molecular flexibility index (Phi) is 6.85. The molecule has 1 N–H and O–H groups in total.